The Bertz CT molecular complexity index is 967. The van der Waals surface area contributed by atoms with E-state index in [-0.39, 0.29) is 30.3 Å². The number of hydrogen-bond acceptors (Lipinski definition) is 4. The first-order chi connectivity index (χ1) is 13.2. The van der Waals surface area contributed by atoms with Crippen LogP contribution < -0.4 is 10.0 Å². The summed E-state index contributed by atoms with van der Waals surface area (Å²) >= 11 is 11.8. The van der Waals surface area contributed by atoms with Gasteiger partial charge in [-0.05, 0) is 30.3 Å². The zero-order valence-corrected chi connectivity index (χ0v) is 17.3. The number of para-hydroxylation sites is 1. The maximum atomic E-state index is 12.2. The highest BCUT2D eigenvalue weighted by Gasteiger charge is 2.17. The topological polar surface area (TPSA) is 95.6 Å². The van der Waals surface area contributed by atoms with Crippen molar-refractivity contribution in [2.24, 2.45) is 0 Å². The molecule has 0 atom stereocenters. The largest absolute Gasteiger partial charge is 0.336 e. The lowest BCUT2D eigenvalue weighted by Crippen LogP contribution is -2.37. The second kappa shape index (κ2) is 9.88. The van der Waals surface area contributed by atoms with Gasteiger partial charge in [0.25, 0.3) is 0 Å². The minimum atomic E-state index is -3.77. The van der Waals surface area contributed by atoms with Crippen molar-refractivity contribution in [3.8, 4) is 0 Å². The van der Waals surface area contributed by atoms with E-state index in [1.807, 2.05) is 0 Å². The molecule has 0 radical (unpaired) electrons. The van der Waals surface area contributed by atoms with Crippen LogP contribution in [0.15, 0.2) is 53.4 Å². The number of rotatable bonds is 8. The quantitative estimate of drug-likeness (QED) is 0.655. The standard InChI is InChI=1S/C18H19Cl2N3O4S/c1-23(12-17(24)22-16-8-3-2-7-15(16)20)18(25)9-10-21-28(26,27)14-6-4-5-13(19)11-14/h2-8,11,21H,9-10,12H2,1H3,(H,22,24). The van der Waals surface area contributed by atoms with E-state index in [9.17, 15) is 18.0 Å². The van der Waals surface area contributed by atoms with E-state index < -0.39 is 15.9 Å². The predicted molar refractivity (Wildman–Crippen MR) is 109 cm³/mol. The molecule has 2 aromatic carbocycles. The molecule has 2 rings (SSSR count). The highest BCUT2D eigenvalue weighted by molar-refractivity contribution is 7.89. The average molecular weight is 444 g/mol. The van der Waals surface area contributed by atoms with Crippen LogP contribution in [0.1, 0.15) is 6.42 Å². The fourth-order valence-corrected chi connectivity index (χ4v) is 3.77. The number of sulfonamides is 1. The first-order valence-electron chi connectivity index (χ1n) is 8.22. The van der Waals surface area contributed by atoms with Crippen molar-refractivity contribution in [1.82, 2.24) is 9.62 Å². The number of anilines is 1. The average Bonchev–Trinajstić information content (AvgIpc) is 2.63. The Balaban J connectivity index is 1.82. The van der Waals surface area contributed by atoms with Gasteiger partial charge in [0.2, 0.25) is 21.8 Å². The molecule has 7 nitrogen and oxygen atoms in total. The molecule has 10 heteroatoms. The van der Waals surface area contributed by atoms with E-state index in [2.05, 4.69) is 10.0 Å². The second-order valence-corrected chi connectivity index (χ2v) is 8.49. The van der Waals surface area contributed by atoms with Gasteiger partial charge in [0, 0.05) is 25.0 Å². The van der Waals surface area contributed by atoms with Crippen LogP contribution in [0, 0.1) is 0 Å². The van der Waals surface area contributed by atoms with Crippen molar-refractivity contribution in [2.75, 3.05) is 25.5 Å². The van der Waals surface area contributed by atoms with Crippen molar-refractivity contribution >= 4 is 50.7 Å². The van der Waals surface area contributed by atoms with Gasteiger partial charge in [-0.2, -0.15) is 0 Å². The number of benzene rings is 2. The van der Waals surface area contributed by atoms with Gasteiger partial charge in [-0.1, -0.05) is 41.4 Å². The van der Waals surface area contributed by atoms with Crippen LogP contribution in [0.4, 0.5) is 5.69 Å². The molecule has 2 N–H and O–H groups in total. The van der Waals surface area contributed by atoms with Crippen LogP contribution in [0.25, 0.3) is 0 Å². The summed E-state index contributed by atoms with van der Waals surface area (Å²) in [6, 6.07) is 12.5. The number of hydrogen-bond donors (Lipinski definition) is 2. The molecule has 0 saturated heterocycles. The molecule has 0 aliphatic carbocycles. The maximum Gasteiger partial charge on any atom is 0.244 e. The van der Waals surface area contributed by atoms with Crippen molar-refractivity contribution in [2.45, 2.75) is 11.3 Å². The lowest BCUT2D eigenvalue weighted by molar-refractivity contribution is -0.133. The third-order valence-corrected chi connectivity index (χ3v) is 5.72. The van der Waals surface area contributed by atoms with Crippen LogP contribution in [0.3, 0.4) is 0 Å². The lowest BCUT2D eigenvalue weighted by atomic mass is 10.3. The van der Waals surface area contributed by atoms with Gasteiger partial charge in [0.15, 0.2) is 0 Å². The van der Waals surface area contributed by atoms with Crippen molar-refractivity contribution in [3.05, 3.63) is 58.6 Å². The van der Waals surface area contributed by atoms with Gasteiger partial charge < -0.3 is 10.2 Å². The van der Waals surface area contributed by atoms with E-state index in [0.29, 0.717) is 15.7 Å². The molecular weight excluding hydrogens is 425 g/mol. The molecule has 0 spiro atoms. The molecule has 150 valence electrons. The van der Waals surface area contributed by atoms with Crippen LogP contribution >= 0.6 is 23.2 Å². The number of carbonyl (C=O) groups excluding carboxylic acids is 2. The molecule has 0 aromatic heterocycles. The van der Waals surface area contributed by atoms with Gasteiger partial charge in [0.1, 0.15) is 0 Å². The summed E-state index contributed by atoms with van der Waals surface area (Å²) in [6.07, 6.45) is -0.102. The zero-order chi connectivity index (χ0) is 20.7. The minimum Gasteiger partial charge on any atom is -0.336 e. The summed E-state index contributed by atoms with van der Waals surface area (Å²) in [5, 5.41) is 3.30. The highest BCUT2D eigenvalue weighted by Crippen LogP contribution is 2.20. The smallest absolute Gasteiger partial charge is 0.244 e. The number of carbonyl (C=O) groups is 2. The van der Waals surface area contributed by atoms with Crippen LogP contribution in [-0.2, 0) is 19.6 Å². The van der Waals surface area contributed by atoms with E-state index in [1.54, 1.807) is 30.3 Å². The maximum absolute atomic E-state index is 12.2. The van der Waals surface area contributed by atoms with Crippen molar-refractivity contribution < 1.29 is 18.0 Å². The summed E-state index contributed by atoms with van der Waals surface area (Å²) in [4.78, 5) is 25.4. The van der Waals surface area contributed by atoms with Crippen molar-refractivity contribution in [3.63, 3.8) is 0 Å². The Hall–Kier alpha value is -2.13. The Kier molecular flexibility index (Phi) is 7.82. The van der Waals surface area contributed by atoms with Gasteiger partial charge in [-0.3, -0.25) is 9.59 Å². The number of amides is 2. The van der Waals surface area contributed by atoms with E-state index >= 15 is 0 Å². The van der Waals surface area contributed by atoms with Gasteiger partial charge in [-0.25, -0.2) is 13.1 Å². The normalized spacial score (nSPS) is 11.1. The van der Waals surface area contributed by atoms with E-state index in [1.165, 1.54) is 30.1 Å². The molecule has 0 aliphatic rings. The Morgan fingerprint density at radius 3 is 2.46 bits per heavy atom. The Morgan fingerprint density at radius 2 is 1.79 bits per heavy atom. The summed E-state index contributed by atoms with van der Waals surface area (Å²) in [5.41, 5.74) is 0.448. The molecule has 0 fully saturated rings. The van der Waals surface area contributed by atoms with Gasteiger partial charge >= 0.3 is 0 Å². The number of nitrogens with one attached hydrogen (secondary N) is 2. The van der Waals surface area contributed by atoms with E-state index in [0.717, 1.165) is 0 Å². The number of likely N-dealkylation sites (N-methyl/N-ethyl adjacent to an activating group) is 1. The van der Waals surface area contributed by atoms with Gasteiger partial charge in [0.05, 0.1) is 22.2 Å². The SMILES string of the molecule is CN(CC(=O)Nc1ccccc1Cl)C(=O)CCNS(=O)(=O)c1cccc(Cl)c1. The molecule has 28 heavy (non-hydrogen) atoms. The molecular formula is C18H19Cl2N3O4S. The third-order valence-electron chi connectivity index (χ3n) is 3.69. The molecule has 0 aliphatic heterocycles. The molecule has 0 saturated carbocycles. The molecule has 2 aromatic rings. The summed E-state index contributed by atoms with van der Waals surface area (Å²) in [5.74, 6) is -0.799. The summed E-state index contributed by atoms with van der Waals surface area (Å²) in [7, 11) is -2.31. The third kappa shape index (κ3) is 6.49. The molecule has 0 heterocycles. The molecule has 2 amide bonds. The molecule has 0 unspecified atom stereocenters. The monoisotopic (exact) mass is 443 g/mol. The fourth-order valence-electron chi connectivity index (χ4n) is 2.26. The highest BCUT2D eigenvalue weighted by atomic mass is 35.5. The lowest BCUT2D eigenvalue weighted by Gasteiger charge is -2.17. The number of nitrogens with zero attached hydrogens (tertiary/aromatic N) is 1. The predicted octanol–water partition coefficient (Wildman–Crippen LogP) is 2.76. The van der Waals surface area contributed by atoms with Crippen LogP contribution in [0.2, 0.25) is 10.0 Å². The Labute approximate surface area is 173 Å². The fraction of sp³-hybridized carbons (Fsp3) is 0.222. The first kappa shape index (κ1) is 22.2. The summed E-state index contributed by atoms with van der Waals surface area (Å²) in [6.45, 7) is -0.296. The zero-order valence-electron chi connectivity index (χ0n) is 15.0. The van der Waals surface area contributed by atoms with Gasteiger partial charge in [-0.15, -0.1) is 0 Å². The van der Waals surface area contributed by atoms with Crippen molar-refractivity contribution in [1.29, 1.82) is 0 Å². The Morgan fingerprint density at radius 1 is 1.07 bits per heavy atom. The second-order valence-electron chi connectivity index (χ2n) is 5.88. The summed E-state index contributed by atoms with van der Waals surface area (Å²) < 4.78 is 26.7. The van der Waals surface area contributed by atoms with Crippen LogP contribution in [0.5, 0.6) is 0 Å². The number of halogens is 2. The first-order valence-corrected chi connectivity index (χ1v) is 10.5. The van der Waals surface area contributed by atoms with E-state index in [4.69, 9.17) is 23.2 Å². The molecule has 0 bridgehead atoms. The van der Waals surface area contributed by atoms with Crippen LogP contribution in [-0.4, -0.2) is 45.3 Å². The minimum absolute atomic E-state index is 0.0138.